The molecule has 94 valence electrons. The van der Waals surface area contributed by atoms with E-state index in [1.54, 1.807) is 12.1 Å². The van der Waals surface area contributed by atoms with Crippen LogP contribution in [0.4, 0.5) is 4.39 Å². The highest BCUT2D eigenvalue weighted by Gasteiger charge is 2.05. The van der Waals surface area contributed by atoms with Crippen LogP contribution in [0.1, 0.15) is 18.5 Å². The van der Waals surface area contributed by atoms with E-state index in [9.17, 15) is 4.39 Å². The molecule has 0 aromatic heterocycles. The van der Waals surface area contributed by atoms with Crippen LogP contribution in [0.5, 0.6) is 0 Å². The lowest BCUT2D eigenvalue weighted by Gasteiger charge is -2.11. The normalized spacial score (nSPS) is 12.4. The summed E-state index contributed by atoms with van der Waals surface area (Å²) in [5.41, 5.74) is 1.23. The Bertz CT molecular complexity index is 510. The number of halogens is 1. The van der Waals surface area contributed by atoms with Crippen molar-refractivity contribution in [2.75, 3.05) is 7.05 Å². The minimum atomic E-state index is -0.171. The van der Waals surface area contributed by atoms with Gasteiger partial charge in [-0.15, -0.1) is 0 Å². The number of hydrogen-bond donors (Lipinski definition) is 1. The molecule has 0 aliphatic rings. The van der Waals surface area contributed by atoms with Gasteiger partial charge in [0.15, 0.2) is 0 Å². The van der Waals surface area contributed by atoms with E-state index in [-0.39, 0.29) is 5.82 Å². The first-order valence-electron chi connectivity index (χ1n) is 5.90. The summed E-state index contributed by atoms with van der Waals surface area (Å²) in [6, 6.07) is 15.4. The van der Waals surface area contributed by atoms with Crippen LogP contribution in [-0.2, 0) is 0 Å². The van der Waals surface area contributed by atoms with E-state index >= 15 is 0 Å². The molecular formula is C15H16FNS. The van der Waals surface area contributed by atoms with Gasteiger partial charge in [0.2, 0.25) is 0 Å². The van der Waals surface area contributed by atoms with Crippen LogP contribution in [0.25, 0.3) is 0 Å². The third-order valence-electron chi connectivity index (χ3n) is 2.88. The molecule has 18 heavy (non-hydrogen) atoms. The van der Waals surface area contributed by atoms with Crippen LogP contribution >= 0.6 is 11.8 Å². The molecule has 3 heteroatoms. The average molecular weight is 261 g/mol. The molecule has 2 aromatic carbocycles. The number of benzene rings is 2. The zero-order chi connectivity index (χ0) is 13.0. The van der Waals surface area contributed by atoms with Gasteiger partial charge < -0.3 is 5.32 Å². The molecule has 1 unspecified atom stereocenters. The smallest absolute Gasteiger partial charge is 0.137 e. The second-order valence-electron chi connectivity index (χ2n) is 4.11. The van der Waals surface area contributed by atoms with Gasteiger partial charge in [0, 0.05) is 15.8 Å². The fourth-order valence-corrected chi connectivity index (χ4v) is 2.48. The topological polar surface area (TPSA) is 12.0 Å². The van der Waals surface area contributed by atoms with Crippen LogP contribution in [0.2, 0.25) is 0 Å². The van der Waals surface area contributed by atoms with Crippen LogP contribution in [0.15, 0.2) is 58.3 Å². The van der Waals surface area contributed by atoms with Gasteiger partial charge >= 0.3 is 0 Å². The Kier molecular flexibility index (Phi) is 4.39. The van der Waals surface area contributed by atoms with Crippen molar-refractivity contribution >= 4 is 11.8 Å². The van der Waals surface area contributed by atoms with Crippen molar-refractivity contribution in [2.24, 2.45) is 0 Å². The molecular weight excluding hydrogens is 245 g/mol. The van der Waals surface area contributed by atoms with E-state index in [1.165, 1.54) is 23.4 Å². The standard InChI is InChI=1S/C15H16FNS/c1-11(17-2)12-7-9-13(10-8-12)18-15-6-4-3-5-14(15)16/h3-11,17H,1-2H3. The zero-order valence-corrected chi connectivity index (χ0v) is 11.3. The highest BCUT2D eigenvalue weighted by atomic mass is 32.2. The third kappa shape index (κ3) is 3.12. The Labute approximate surface area is 111 Å². The van der Waals surface area contributed by atoms with Crippen LogP contribution in [0, 0.1) is 5.82 Å². The molecule has 1 atom stereocenters. The lowest BCUT2D eigenvalue weighted by molar-refractivity contribution is 0.602. The van der Waals surface area contributed by atoms with E-state index in [4.69, 9.17) is 0 Å². The van der Waals surface area contributed by atoms with Crippen LogP contribution in [-0.4, -0.2) is 7.05 Å². The van der Waals surface area contributed by atoms with Gasteiger partial charge in [-0.1, -0.05) is 36.0 Å². The second kappa shape index (κ2) is 6.03. The third-order valence-corrected chi connectivity index (χ3v) is 3.94. The molecule has 0 bridgehead atoms. The van der Waals surface area contributed by atoms with Crippen molar-refractivity contribution in [1.82, 2.24) is 5.32 Å². The predicted octanol–water partition coefficient (Wildman–Crippen LogP) is 4.26. The van der Waals surface area contributed by atoms with E-state index in [1.807, 2.05) is 25.2 Å². The number of nitrogens with one attached hydrogen (secondary N) is 1. The summed E-state index contributed by atoms with van der Waals surface area (Å²) in [6.45, 7) is 2.11. The largest absolute Gasteiger partial charge is 0.313 e. The van der Waals surface area contributed by atoms with E-state index in [0.717, 1.165) is 4.90 Å². The van der Waals surface area contributed by atoms with Crippen molar-refractivity contribution in [3.8, 4) is 0 Å². The molecule has 1 N–H and O–H groups in total. The van der Waals surface area contributed by atoms with Crippen molar-refractivity contribution in [3.05, 3.63) is 59.9 Å². The zero-order valence-electron chi connectivity index (χ0n) is 10.5. The van der Waals surface area contributed by atoms with Crippen molar-refractivity contribution < 1.29 is 4.39 Å². The van der Waals surface area contributed by atoms with Gasteiger partial charge in [0.1, 0.15) is 5.82 Å². The van der Waals surface area contributed by atoms with Gasteiger partial charge in [0.05, 0.1) is 0 Å². The molecule has 2 rings (SSSR count). The minimum absolute atomic E-state index is 0.171. The summed E-state index contributed by atoms with van der Waals surface area (Å²) in [5, 5.41) is 3.19. The molecule has 0 heterocycles. The molecule has 0 saturated heterocycles. The maximum atomic E-state index is 13.5. The van der Waals surface area contributed by atoms with Crippen molar-refractivity contribution in [2.45, 2.75) is 22.8 Å². The number of hydrogen-bond acceptors (Lipinski definition) is 2. The summed E-state index contributed by atoms with van der Waals surface area (Å²) < 4.78 is 13.5. The van der Waals surface area contributed by atoms with Gasteiger partial charge in [-0.25, -0.2) is 4.39 Å². The van der Waals surface area contributed by atoms with Gasteiger partial charge in [-0.3, -0.25) is 0 Å². The van der Waals surface area contributed by atoms with Crippen molar-refractivity contribution in [1.29, 1.82) is 0 Å². The second-order valence-corrected chi connectivity index (χ2v) is 5.23. The molecule has 0 fully saturated rings. The molecule has 0 amide bonds. The minimum Gasteiger partial charge on any atom is -0.313 e. The fraction of sp³-hybridized carbons (Fsp3) is 0.200. The first-order valence-corrected chi connectivity index (χ1v) is 6.72. The summed E-state index contributed by atoms with van der Waals surface area (Å²) in [4.78, 5) is 1.71. The first kappa shape index (κ1) is 13.1. The molecule has 0 aliphatic heterocycles. The Morgan fingerprint density at radius 2 is 1.72 bits per heavy atom. The maximum absolute atomic E-state index is 13.5. The molecule has 0 spiro atoms. The average Bonchev–Trinajstić information content (AvgIpc) is 2.41. The highest BCUT2D eigenvalue weighted by molar-refractivity contribution is 7.99. The van der Waals surface area contributed by atoms with Gasteiger partial charge in [-0.05, 0) is 43.8 Å². The van der Waals surface area contributed by atoms with Gasteiger partial charge in [-0.2, -0.15) is 0 Å². The molecule has 0 aliphatic carbocycles. The summed E-state index contributed by atoms with van der Waals surface area (Å²) in [5.74, 6) is -0.171. The summed E-state index contributed by atoms with van der Waals surface area (Å²) in [6.07, 6.45) is 0. The van der Waals surface area contributed by atoms with Crippen molar-refractivity contribution in [3.63, 3.8) is 0 Å². The van der Waals surface area contributed by atoms with E-state index in [0.29, 0.717) is 10.9 Å². The molecule has 2 aromatic rings. The van der Waals surface area contributed by atoms with Crippen LogP contribution < -0.4 is 5.32 Å². The Morgan fingerprint density at radius 3 is 2.33 bits per heavy atom. The Hall–Kier alpha value is -1.32. The summed E-state index contributed by atoms with van der Waals surface area (Å²) >= 11 is 1.45. The van der Waals surface area contributed by atoms with Gasteiger partial charge in [0.25, 0.3) is 0 Å². The highest BCUT2D eigenvalue weighted by Crippen LogP contribution is 2.30. The van der Waals surface area contributed by atoms with E-state index < -0.39 is 0 Å². The van der Waals surface area contributed by atoms with E-state index in [2.05, 4.69) is 24.4 Å². The number of rotatable bonds is 4. The molecule has 0 radical (unpaired) electrons. The Balaban J connectivity index is 2.14. The molecule has 1 nitrogen and oxygen atoms in total. The first-order chi connectivity index (χ1) is 8.70. The Morgan fingerprint density at radius 1 is 1.06 bits per heavy atom. The molecule has 0 saturated carbocycles. The monoisotopic (exact) mass is 261 g/mol. The maximum Gasteiger partial charge on any atom is 0.137 e. The fourth-order valence-electron chi connectivity index (χ4n) is 1.65. The van der Waals surface area contributed by atoms with Crippen LogP contribution in [0.3, 0.4) is 0 Å². The SMILES string of the molecule is CNC(C)c1ccc(Sc2ccccc2F)cc1. The lowest BCUT2D eigenvalue weighted by atomic mass is 10.1. The quantitative estimate of drug-likeness (QED) is 0.882. The lowest BCUT2D eigenvalue weighted by Crippen LogP contribution is -2.11. The summed E-state index contributed by atoms with van der Waals surface area (Å²) in [7, 11) is 1.94. The predicted molar refractivity (Wildman–Crippen MR) is 74.4 cm³/mol.